The molecule has 3 rings (SSSR count). The Morgan fingerprint density at radius 1 is 1.21 bits per heavy atom. The third-order valence-corrected chi connectivity index (χ3v) is 4.99. The summed E-state index contributed by atoms with van der Waals surface area (Å²) in [6.07, 6.45) is 5.04. The van der Waals surface area contributed by atoms with Crippen molar-refractivity contribution in [2.24, 2.45) is 0 Å². The van der Waals surface area contributed by atoms with Gasteiger partial charge in [0.2, 0.25) is 0 Å². The van der Waals surface area contributed by atoms with Crippen LogP contribution in [0.15, 0.2) is 29.5 Å². The van der Waals surface area contributed by atoms with E-state index >= 15 is 0 Å². The van der Waals surface area contributed by atoms with Gasteiger partial charge in [-0.05, 0) is 25.5 Å². The first kappa shape index (κ1) is 16.7. The zero-order valence-electron chi connectivity index (χ0n) is 13.9. The van der Waals surface area contributed by atoms with Crippen molar-refractivity contribution in [3.63, 3.8) is 0 Å². The molecule has 0 aliphatic carbocycles. The fraction of sp³-hybridized carbons (Fsp3) is 0.412. The molecule has 0 atom stereocenters. The van der Waals surface area contributed by atoms with Gasteiger partial charge in [-0.3, -0.25) is 19.6 Å². The summed E-state index contributed by atoms with van der Waals surface area (Å²) in [6, 6.07) is 1.81. The number of amides is 1. The second-order valence-electron chi connectivity index (χ2n) is 5.86. The summed E-state index contributed by atoms with van der Waals surface area (Å²) in [6.45, 7) is 5.37. The minimum Gasteiger partial charge on any atom is -0.337 e. The number of rotatable bonds is 3. The third-order valence-electron chi connectivity index (χ3n) is 4.05. The molecule has 3 heterocycles. The molecule has 24 heavy (non-hydrogen) atoms. The van der Waals surface area contributed by atoms with Crippen LogP contribution in [0.3, 0.4) is 0 Å². The number of carbonyl (C=O) groups excluding carboxylic acids is 1. The van der Waals surface area contributed by atoms with E-state index in [0.29, 0.717) is 25.3 Å². The smallest absolute Gasteiger partial charge is 0.264 e. The molecule has 0 unspecified atom stereocenters. The average molecular weight is 344 g/mol. The van der Waals surface area contributed by atoms with Gasteiger partial charge in [0, 0.05) is 37.0 Å². The maximum Gasteiger partial charge on any atom is 0.264 e. The highest BCUT2D eigenvalue weighted by molar-refractivity contribution is 7.99. The first-order chi connectivity index (χ1) is 11.6. The van der Waals surface area contributed by atoms with Crippen LogP contribution >= 0.6 is 11.8 Å². The molecule has 1 saturated heterocycles. The molecule has 1 aliphatic heterocycles. The maximum absolute atomic E-state index is 12.8. The maximum atomic E-state index is 12.8. The van der Waals surface area contributed by atoms with Crippen LogP contribution in [0.2, 0.25) is 0 Å². The molecule has 0 aromatic carbocycles. The second-order valence-corrected chi connectivity index (χ2v) is 7.09. The van der Waals surface area contributed by atoms with Crippen LogP contribution in [0, 0.1) is 13.8 Å². The first-order valence-electron chi connectivity index (χ1n) is 7.91. The number of aromatic nitrogens is 3. The molecule has 126 valence electrons. The average Bonchev–Trinajstić information content (AvgIpc) is 2.60. The van der Waals surface area contributed by atoms with Crippen LogP contribution in [-0.2, 0) is 6.54 Å². The van der Waals surface area contributed by atoms with Crippen LogP contribution in [0.5, 0.6) is 0 Å². The van der Waals surface area contributed by atoms with Gasteiger partial charge in [0.25, 0.3) is 11.5 Å². The minimum atomic E-state index is -0.263. The number of thioether (sulfide) groups is 1. The van der Waals surface area contributed by atoms with E-state index in [0.717, 1.165) is 22.8 Å². The summed E-state index contributed by atoms with van der Waals surface area (Å²) in [5, 5.41) is 0. The highest BCUT2D eigenvalue weighted by atomic mass is 32.2. The lowest BCUT2D eigenvalue weighted by Gasteiger charge is -2.26. The van der Waals surface area contributed by atoms with E-state index in [9.17, 15) is 9.59 Å². The Morgan fingerprint density at radius 2 is 1.96 bits per heavy atom. The van der Waals surface area contributed by atoms with Gasteiger partial charge in [0.1, 0.15) is 5.56 Å². The predicted molar refractivity (Wildman–Crippen MR) is 94.5 cm³/mol. The van der Waals surface area contributed by atoms with Crippen LogP contribution in [0.4, 0.5) is 0 Å². The van der Waals surface area contributed by atoms with Crippen molar-refractivity contribution in [3.05, 3.63) is 57.5 Å². The summed E-state index contributed by atoms with van der Waals surface area (Å²) in [5.41, 5.74) is 2.24. The van der Waals surface area contributed by atoms with Crippen molar-refractivity contribution in [3.8, 4) is 0 Å². The molecule has 1 amide bonds. The second kappa shape index (κ2) is 7.17. The lowest BCUT2D eigenvalue weighted by molar-refractivity contribution is 0.0769. The van der Waals surface area contributed by atoms with Crippen LogP contribution in [0.25, 0.3) is 0 Å². The van der Waals surface area contributed by atoms with Gasteiger partial charge in [0.05, 0.1) is 24.1 Å². The molecule has 0 N–H and O–H groups in total. The Kier molecular flexibility index (Phi) is 4.99. The summed E-state index contributed by atoms with van der Waals surface area (Å²) in [7, 11) is 0. The SMILES string of the molecule is Cc1cnc(Cn2ccc(C)c(C(=O)N3CCSCC3)c2=O)cn1. The molecule has 0 saturated carbocycles. The summed E-state index contributed by atoms with van der Waals surface area (Å²) >= 11 is 1.83. The van der Waals surface area contributed by atoms with E-state index in [2.05, 4.69) is 9.97 Å². The van der Waals surface area contributed by atoms with Gasteiger partial charge in [-0.2, -0.15) is 11.8 Å². The Labute approximate surface area is 144 Å². The van der Waals surface area contributed by atoms with Gasteiger partial charge in [-0.25, -0.2) is 0 Å². The van der Waals surface area contributed by atoms with Crippen LogP contribution < -0.4 is 5.56 Å². The van der Waals surface area contributed by atoms with E-state index < -0.39 is 0 Å². The fourth-order valence-electron chi connectivity index (χ4n) is 2.65. The molecule has 0 radical (unpaired) electrons. The van der Waals surface area contributed by atoms with Crippen molar-refractivity contribution < 1.29 is 4.79 Å². The quantitative estimate of drug-likeness (QED) is 0.844. The van der Waals surface area contributed by atoms with E-state index in [1.165, 1.54) is 4.57 Å². The Bertz CT molecular complexity index is 795. The first-order valence-corrected chi connectivity index (χ1v) is 9.06. The number of hydrogen-bond acceptors (Lipinski definition) is 5. The molecule has 0 spiro atoms. The lowest BCUT2D eigenvalue weighted by atomic mass is 10.1. The van der Waals surface area contributed by atoms with E-state index in [-0.39, 0.29) is 17.0 Å². The molecule has 2 aromatic heterocycles. The van der Waals surface area contributed by atoms with E-state index in [1.807, 2.05) is 31.7 Å². The topological polar surface area (TPSA) is 68.1 Å². The number of pyridine rings is 1. The predicted octanol–water partition coefficient (Wildman–Crippen LogP) is 1.49. The number of aryl methyl sites for hydroxylation is 2. The summed E-state index contributed by atoms with van der Waals surface area (Å²) < 4.78 is 1.53. The van der Waals surface area contributed by atoms with Gasteiger partial charge < -0.3 is 9.47 Å². The van der Waals surface area contributed by atoms with Gasteiger partial charge in [-0.15, -0.1) is 0 Å². The van der Waals surface area contributed by atoms with Crippen molar-refractivity contribution in [1.82, 2.24) is 19.4 Å². The van der Waals surface area contributed by atoms with Crippen molar-refractivity contribution >= 4 is 17.7 Å². The molecule has 2 aromatic rings. The van der Waals surface area contributed by atoms with E-state index in [1.54, 1.807) is 23.5 Å². The van der Waals surface area contributed by atoms with Crippen LogP contribution in [0.1, 0.15) is 27.3 Å². The Hall–Kier alpha value is -2.15. The Balaban J connectivity index is 1.91. The number of nitrogens with zero attached hydrogens (tertiary/aromatic N) is 4. The molecule has 1 fully saturated rings. The van der Waals surface area contributed by atoms with E-state index in [4.69, 9.17) is 0 Å². The summed E-state index contributed by atoms with van der Waals surface area (Å²) in [5.74, 6) is 1.68. The van der Waals surface area contributed by atoms with Crippen molar-refractivity contribution in [2.75, 3.05) is 24.6 Å². The molecule has 1 aliphatic rings. The number of carbonyl (C=O) groups is 1. The van der Waals surface area contributed by atoms with Gasteiger partial charge in [-0.1, -0.05) is 0 Å². The monoisotopic (exact) mass is 344 g/mol. The zero-order chi connectivity index (χ0) is 17.1. The molecule has 7 heteroatoms. The number of hydrogen-bond donors (Lipinski definition) is 0. The normalized spacial score (nSPS) is 14.7. The van der Waals surface area contributed by atoms with Gasteiger partial charge >= 0.3 is 0 Å². The van der Waals surface area contributed by atoms with Crippen molar-refractivity contribution in [2.45, 2.75) is 20.4 Å². The highest BCUT2D eigenvalue weighted by Crippen LogP contribution is 2.13. The minimum absolute atomic E-state index is 0.165. The van der Waals surface area contributed by atoms with Crippen LogP contribution in [-0.4, -0.2) is 49.9 Å². The summed E-state index contributed by atoms with van der Waals surface area (Å²) in [4.78, 5) is 35.8. The molecule has 6 nitrogen and oxygen atoms in total. The molecule has 0 bridgehead atoms. The largest absolute Gasteiger partial charge is 0.337 e. The Morgan fingerprint density at radius 3 is 2.62 bits per heavy atom. The molecular formula is C17H20N4O2S. The highest BCUT2D eigenvalue weighted by Gasteiger charge is 2.23. The molecular weight excluding hydrogens is 324 g/mol. The standard InChI is InChI=1S/C17H20N4O2S/c1-12-3-4-21(11-14-10-18-13(2)9-19-14)17(23)15(12)16(22)20-5-7-24-8-6-20/h3-4,9-10H,5-8,11H2,1-2H3. The zero-order valence-corrected chi connectivity index (χ0v) is 14.7. The third kappa shape index (κ3) is 3.51. The fourth-order valence-corrected chi connectivity index (χ4v) is 3.55. The lowest BCUT2D eigenvalue weighted by Crippen LogP contribution is -2.41. The van der Waals surface area contributed by atoms with Gasteiger partial charge in [0.15, 0.2) is 0 Å². The van der Waals surface area contributed by atoms with Crippen molar-refractivity contribution in [1.29, 1.82) is 0 Å².